The molecule has 0 radical (unpaired) electrons. The first kappa shape index (κ1) is 28.0. The van der Waals surface area contributed by atoms with Crippen molar-refractivity contribution in [1.82, 2.24) is 0 Å². The summed E-state index contributed by atoms with van der Waals surface area (Å²) in [6.07, 6.45) is 0. The van der Waals surface area contributed by atoms with E-state index in [4.69, 9.17) is 4.42 Å². The van der Waals surface area contributed by atoms with Gasteiger partial charge in [-0.2, -0.15) is 0 Å². The number of nitrogens with zero attached hydrogens (tertiary/aromatic N) is 1. The second-order valence-corrected chi connectivity index (χ2v) is 15.0. The molecule has 2 nitrogen and oxygen atoms in total. The highest BCUT2D eigenvalue weighted by Crippen LogP contribution is 2.46. The molecule has 11 rings (SSSR count). The van der Waals surface area contributed by atoms with Crippen LogP contribution in [0.4, 0.5) is 17.1 Å². The van der Waals surface area contributed by atoms with E-state index in [-0.39, 0.29) is 0 Å². The zero-order valence-corrected chi connectivity index (χ0v) is 28.4. The minimum atomic E-state index is 0.885. The van der Waals surface area contributed by atoms with Gasteiger partial charge in [-0.15, -0.1) is 22.7 Å². The summed E-state index contributed by atoms with van der Waals surface area (Å²) in [5.41, 5.74) is 7.57. The van der Waals surface area contributed by atoms with E-state index >= 15 is 0 Å². The number of anilines is 3. The van der Waals surface area contributed by atoms with E-state index in [1.165, 1.54) is 62.2 Å². The lowest BCUT2D eigenvalue weighted by Gasteiger charge is -2.26. The lowest BCUT2D eigenvalue weighted by molar-refractivity contribution is 0.669. The molecule has 4 heteroatoms. The molecule has 0 bridgehead atoms. The molecule has 0 aliphatic heterocycles. The number of hydrogen-bond donors (Lipinski definition) is 0. The fourth-order valence-corrected chi connectivity index (χ4v) is 10.1. The van der Waals surface area contributed by atoms with Crippen LogP contribution >= 0.6 is 22.7 Å². The van der Waals surface area contributed by atoms with Crippen LogP contribution in [0.25, 0.3) is 84.2 Å². The highest BCUT2D eigenvalue weighted by Gasteiger charge is 2.19. The Labute approximate surface area is 295 Å². The number of hydrogen-bond acceptors (Lipinski definition) is 4. The molecule has 11 aromatic rings. The number of benzene rings is 8. The molecule has 0 saturated carbocycles. The van der Waals surface area contributed by atoms with Crippen molar-refractivity contribution in [2.24, 2.45) is 0 Å². The number of furan rings is 1. The normalized spacial score (nSPS) is 12.0. The molecule has 0 saturated heterocycles. The molecule has 0 unspecified atom stereocenters. The van der Waals surface area contributed by atoms with Crippen LogP contribution in [0.5, 0.6) is 0 Å². The van der Waals surface area contributed by atoms with Crippen LogP contribution in [-0.2, 0) is 0 Å². The fourth-order valence-electron chi connectivity index (χ4n) is 7.74. The summed E-state index contributed by atoms with van der Waals surface area (Å²) in [5, 5.41) is 10.0. The Bertz CT molecular complexity index is 3110. The molecule has 3 heterocycles. The molecule has 234 valence electrons. The zero-order valence-electron chi connectivity index (χ0n) is 26.8. The van der Waals surface area contributed by atoms with Gasteiger partial charge in [0.1, 0.15) is 11.2 Å². The van der Waals surface area contributed by atoms with Crippen LogP contribution in [-0.4, -0.2) is 0 Å². The van der Waals surface area contributed by atoms with E-state index in [1.54, 1.807) is 0 Å². The molecule has 0 fully saturated rings. The minimum Gasteiger partial charge on any atom is -0.456 e. The summed E-state index contributed by atoms with van der Waals surface area (Å²) in [6, 6.07) is 59.5. The Morgan fingerprint density at radius 1 is 0.380 bits per heavy atom. The Balaban J connectivity index is 1.12. The van der Waals surface area contributed by atoms with Gasteiger partial charge in [0.05, 0.1) is 0 Å². The lowest BCUT2D eigenvalue weighted by Crippen LogP contribution is -2.09. The van der Waals surface area contributed by atoms with Crippen LogP contribution in [0.1, 0.15) is 0 Å². The topological polar surface area (TPSA) is 16.4 Å². The summed E-state index contributed by atoms with van der Waals surface area (Å²) >= 11 is 3.74. The predicted octanol–water partition coefficient (Wildman–Crippen LogP) is 14.6. The maximum absolute atomic E-state index is 6.39. The van der Waals surface area contributed by atoms with Gasteiger partial charge >= 0.3 is 0 Å². The first-order chi connectivity index (χ1) is 24.8. The summed E-state index contributed by atoms with van der Waals surface area (Å²) < 4.78 is 11.6. The van der Waals surface area contributed by atoms with E-state index < -0.39 is 0 Å². The summed E-state index contributed by atoms with van der Waals surface area (Å²) in [7, 11) is 0. The molecule has 0 atom stereocenters. The maximum Gasteiger partial charge on any atom is 0.137 e. The molecule has 0 N–H and O–H groups in total. The van der Waals surface area contributed by atoms with Gasteiger partial charge in [-0.25, -0.2) is 0 Å². The van der Waals surface area contributed by atoms with Crippen LogP contribution in [0.15, 0.2) is 168 Å². The van der Waals surface area contributed by atoms with Gasteiger partial charge < -0.3 is 9.32 Å². The van der Waals surface area contributed by atoms with Crippen LogP contribution in [0.3, 0.4) is 0 Å². The molecule has 0 amide bonds. The molecular formula is C46H27NOS2. The van der Waals surface area contributed by atoms with E-state index in [0.717, 1.165) is 39.0 Å². The van der Waals surface area contributed by atoms with Gasteiger partial charge in [-0.3, -0.25) is 0 Å². The largest absolute Gasteiger partial charge is 0.456 e. The fraction of sp³-hybridized carbons (Fsp3) is 0. The Kier molecular flexibility index (Phi) is 6.03. The quantitative estimate of drug-likeness (QED) is 0.185. The molecule has 8 aromatic carbocycles. The zero-order chi connectivity index (χ0) is 32.8. The van der Waals surface area contributed by atoms with Gasteiger partial charge in [0, 0.05) is 79.8 Å². The van der Waals surface area contributed by atoms with Crippen molar-refractivity contribution < 1.29 is 4.42 Å². The van der Waals surface area contributed by atoms with Crippen LogP contribution in [0, 0.1) is 0 Å². The predicted molar refractivity (Wildman–Crippen MR) is 217 cm³/mol. The van der Waals surface area contributed by atoms with Crippen molar-refractivity contribution in [2.45, 2.75) is 0 Å². The number of para-hydroxylation sites is 1. The third-order valence-corrected chi connectivity index (χ3v) is 12.4. The van der Waals surface area contributed by atoms with E-state index in [9.17, 15) is 0 Å². The van der Waals surface area contributed by atoms with Crippen molar-refractivity contribution in [1.29, 1.82) is 0 Å². The number of thiophene rings is 2. The standard InChI is InChI=1S/C46H27NOS2/c1-2-10-33-29(9-1)25-39-37-13-5-8-16-43(37)50-46(39)45(33)28-17-19-30(20-18-28)47(31-22-24-44-38(26-31)36-12-4-7-15-42(36)49-44)32-21-23-35-34-11-3-6-14-40(34)48-41(35)27-32/h1-27H. The van der Waals surface area contributed by atoms with Crippen molar-refractivity contribution in [3.05, 3.63) is 164 Å². The van der Waals surface area contributed by atoms with Gasteiger partial charge in [0.15, 0.2) is 0 Å². The molecule has 0 aliphatic carbocycles. The SMILES string of the molecule is c1ccc2c(-c3ccc(N(c4ccc5c(c4)oc4ccccc45)c4ccc5sc6ccccc6c5c4)cc3)c3sc4ccccc4c3cc2c1. The van der Waals surface area contributed by atoms with Gasteiger partial charge in [0.2, 0.25) is 0 Å². The highest BCUT2D eigenvalue weighted by molar-refractivity contribution is 7.26. The van der Waals surface area contributed by atoms with Crippen molar-refractivity contribution in [2.75, 3.05) is 4.90 Å². The average molecular weight is 674 g/mol. The molecule has 50 heavy (non-hydrogen) atoms. The van der Waals surface area contributed by atoms with Crippen molar-refractivity contribution in [3.63, 3.8) is 0 Å². The number of rotatable bonds is 4. The summed E-state index contributed by atoms with van der Waals surface area (Å²) in [4.78, 5) is 2.36. The van der Waals surface area contributed by atoms with Gasteiger partial charge in [-0.1, -0.05) is 91.0 Å². The van der Waals surface area contributed by atoms with E-state index in [2.05, 4.69) is 157 Å². The van der Waals surface area contributed by atoms with E-state index in [0.29, 0.717) is 0 Å². The first-order valence-corrected chi connectivity index (χ1v) is 18.5. The number of fused-ring (bicyclic) bond motifs is 10. The third kappa shape index (κ3) is 4.19. The first-order valence-electron chi connectivity index (χ1n) is 16.8. The van der Waals surface area contributed by atoms with Crippen molar-refractivity contribution in [3.8, 4) is 11.1 Å². The minimum absolute atomic E-state index is 0.885. The molecule has 3 aromatic heterocycles. The molecule has 0 aliphatic rings. The van der Waals surface area contributed by atoms with Crippen molar-refractivity contribution >= 4 is 113 Å². The summed E-state index contributed by atoms with van der Waals surface area (Å²) in [5.74, 6) is 0. The van der Waals surface area contributed by atoms with Gasteiger partial charge in [-0.05, 0) is 83.1 Å². The Hall–Kier alpha value is -5.94. The Morgan fingerprint density at radius 2 is 0.980 bits per heavy atom. The smallest absolute Gasteiger partial charge is 0.137 e. The summed E-state index contributed by atoms with van der Waals surface area (Å²) in [6.45, 7) is 0. The van der Waals surface area contributed by atoms with E-state index in [1.807, 2.05) is 34.8 Å². The van der Waals surface area contributed by atoms with Gasteiger partial charge in [0.25, 0.3) is 0 Å². The second-order valence-electron chi connectivity index (χ2n) is 12.9. The average Bonchev–Trinajstić information content (AvgIpc) is 3.85. The lowest BCUT2D eigenvalue weighted by atomic mass is 9.95. The van der Waals surface area contributed by atoms with Crippen LogP contribution < -0.4 is 4.90 Å². The highest BCUT2D eigenvalue weighted by atomic mass is 32.1. The third-order valence-electron chi connectivity index (χ3n) is 10.0. The second kappa shape index (κ2) is 10.8. The molecular weight excluding hydrogens is 647 g/mol. The maximum atomic E-state index is 6.39. The molecule has 0 spiro atoms. The van der Waals surface area contributed by atoms with Crippen LogP contribution in [0.2, 0.25) is 0 Å². The monoisotopic (exact) mass is 673 g/mol. The Morgan fingerprint density at radius 3 is 1.82 bits per heavy atom.